The quantitative estimate of drug-likeness (QED) is 0.594. The van der Waals surface area contributed by atoms with Crippen molar-refractivity contribution in [3.63, 3.8) is 0 Å². The van der Waals surface area contributed by atoms with Gasteiger partial charge in [0.25, 0.3) is 0 Å². The first-order chi connectivity index (χ1) is 13.7. The molecule has 28 heavy (non-hydrogen) atoms. The van der Waals surface area contributed by atoms with Crippen molar-refractivity contribution in [2.24, 2.45) is 0 Å². The molecule has 148 valence electrons. The van der Waals surface area contributed by atoms with Gasteiger partial charge in [-0.25, -0.2) is 0 Å². The topological polar surface area (TPSA) is 72.6 Å². The molecule has 2 aromatic carbocycles. The summed E-state index contributed by atoms with van der Waals surface area (Å²) in [5, 5.41) is 4.09. The molecule has 1 unspecified atom stereocenters. The van der Waals surface area contributed by atoms with Gasteiger partial charge in [-0.1, -0.05) is 24.3 Å². The van der Waals surface area contributed by atoms with Crippen LogP contribution in [0, 0.1) is 0 Å². The second-order valence-corrected chi connectivity index (χ2v) is 6.42. The highest BCUT2D eigenvalue weighted by Gasteiger charge is 2.21. The predicted octanol–water partition coefficient (Wildman–Crippen LogP) is 3.47. The first-order valence-corrected chi connectivity index (χ1v) is 9.30. The van der Waals surface area contributed by atoms with E-state index < -0.39 is 0 Å². The lowest BCUT2D eigenvalue weighted by atomic mass is 9.90. The molecule has 0 aliphatic carbocycles. The molecule has 1 heterocycles. The zero-order chi connectivity index (χ0) is 19.9. The van der Waals surface area contributed by atoms with Crippen LogP contribution in [0.15, 0.2) is 48.7 Å². The summed E-state index contributed by atoms with van der Waals surface area (Å²) in [4.78, 5) is 15.3. The van der Waals surface area contributed by atoms with E-state index in [9.17, 15) is 4.79 Å². The Hall–Kier alpha value is -2.99. The zero-order valence-electron chi connectivity index (χ0n) is 16.5. The number of carbonyl (C=O) groups is 1. The van der Waals surface area contributed by atoms with Crippen molar-refractivity contribution in [3.8, 4) is 11.5 Å². The van der Waals surface area contributed by atoms with Crippen molar-refractivity contribution in [1.82, 2.24) is 10.3 Å². The summed E-state index contributed by atoms with van der Waals surface area (Å²) in [5.74, 6) is 1.18. The average molecular weight is 382 g/mol. The summed E-state index contributed by atoms with van der Waals surface area (Å²) in [6.07, 6.45) is 2.00. The number of para-hydroxylation sites is 1. The molecule has 6 nitrogen and oxygen atoms in total. The van der Waals surface area contributed by atoms with Gasteiger partial charge >= 0.3 is 0 Å². The first kappa shape index (κ1) is 19.8. The van der Waals surface area contributed by atoms with Crippen molar-refractivity contribution in [3.05, 3.63) is 59.8 Å². The van der Waals surface area contributed by atoms with Crippen molar-refractivity contribution >= 4 is 16.8 Å². The third-order valence-electron chi connectivity index (χ3n) is 4.67. The number of nitrogens with one attached hydrogen (secondary N) is 2. The summed E-state index contributed by atoms with van der Waals surface area (Å²) in [5.41, 5.74) is 3.20. The monoisotopic (exact) mass is 382 g/mol. The van der Waals surface area contributed by atoms with Crippen molar-refractivity contribution in [2.75, 3.05) is 34.0 Å². The van der Waals surface area contributed by atoms with Gasteiger partial charge in [0.2, 0.25) is 5.91 Å². The number of fused-ring (bicyclic) bond motifs is 1. The van der Waals surface area contributed by atoms with Crippen molar-refractivity contribution in [2.45, 2.75) is 12.8 Å². The molecule has 0 saturated carbocycles. The molecule has 1 amide bonds. The Bertz CT molecular complexity index is 935. The lowest BCUT2D eigenvalue weighted by Gasteiger charge is -2.20. The SMILES string of the molecule is CCOc1ccc(C(CNC(=O)COC)c2c[nH]c3ccccc23)cc1OC. The van der Waals surface area contributed by atoms with Crippen LogP contribution in [0.1, 0.15) is 24.0 Å². The van der Waals surface area contributed by atoms with E-state index in [1.54, 1.807) is 7.11 Å². The molecule has 0 aliphatic rings. The highest BCUT2D eigenvalue weighted by atomic mass is 16.5. The highest BCUT2D eigenvalue weighted by molar-refractivity contribution is 5.84. The molecule has 1 atom stereocenters. The van der Waals surface area contributed by atoms with E-state index in [0.29, 0.717) is 24.7 Å². The van der Waals surface area contributed by atoms with E-state index in [1.165, 1.54) is 7.11 Å². The van der Waals surface area contributed by atoms with Gasteiger partial charge in [0, 0.05) is 36.7 Å². The van der Waals surface area contributed by atoms with Gasteiger partial charge in [-0.15, -0.1) is 0 Å². The van der Waals surface area contributed by atoms with Crippen LogP contribution < -0.4 is 14.8 Å². The molecule has 0 radical (unpaired) electrons. The maximum absolute atomic E-state index is 12.0. The summed E-state index contributed by atoms with van der Waals surface area (Å²) in [6.45, 7) is 2.98. The molecular weight excluding hydrogens is 356 g/mol. The van der Waals surface area contributed by atoms with E-state index >= 15 is 0 Å². The fourth-order valence-corrected chi connectivity index (χ4v) is 3.36. The largest absolute Gasteiger partial charge is 0.493 e. The van der Waals surface area contributed by atoms with Gasteiger partial charge in [0.1, 0.15) is 6.61 Å². The van der Waals surface area contributed by atoms with Gasteiger partial charge < -0.3 is 24.5 Å². The molecule has 1 aromatic heterocycles. The van der Waals surface area contributed by atoms with Gasteiger partial charge in [0.15, 0.2) is 11.5 Å². The molecule has 3 aromatic rings. The lowest BCUT2D eigenvalue weighted by Crippen LogP contribution is -2.31. The second kappa shape index (κ2) is 9.28. The van der Waals surface area contributed by atoms with Crippen LogP contribution in [0.4, 0.5) is 0 Å². The van der Waals surface area contributed by atoms with Gasteiger partial charge in [0.05, 0.1) is 13.7 Å². The number of carbonyl (C=O) groups excluding carboxylic acids is 1. The second-order valence-electron chi connectivity index (χ2n) is 6.42. The summed E-state index contributed by atoms with van der Waals surface area (Å²) in [7, 11) is 3.14. The van der Waals surface area contributed by atoms with E-state index in [2.05, 4.69) is 16.4 Å². The van der Waals surface area contributed by atoms with Crippen molar-refractivity contribution < 1.29 is 19.0 Å². The minimum absolute atomic E-state index is 0.0349. The van der Waals surface area contributed by atoms with E-state index in [1.807, 2.05) is 49.5 Å². The Kier molecular flexibility index (Phi) is 6.55. The van der Waals surface area contributed by atoms with Gasteiger partial charge in [-0.05, 0) is 36.2 Å². The molecule has 3 rings (SSSR count). The van der Waals surface area contributed by atoms with Crippen LogP contribution >= 0.6 is 0 Å². The van der Waals surface area contributed by atoms with E-state index in [-0.39, 0.29) is 18.4 Å². The number of rotatable bonds is 9. The minimum Gasteiger partial charge on any atom is -0.493 e. The van der Waals surface area contributed by atoms with Crippen LogP contribution in [-0.2, 0) is 9.53 Å². The summed E-state index contributed by atoms with van der Waals surface area (Å²) < 4.78 is 16.1. The maximum atomic E-state index is 12.0. The number of hydrogen-bond donors (Lipinski definition) is 2. The molecular formula is C22H26N2O4. The highest BCUT2D eigenvalue weighted by Crippen LogP contribution is 2.35. The Morgan fingerprint density at radius 2 is 1.96 bits per heavy atom. The number of aromatic nitrogens is 1. The number of H-pyrrole nitrogens is 1. The number of amides is 1. The number of aromatic amines is 1. The fraction of sp³-hybridized carbons (Fsp3) is 0.318. The lowest BCUT2D eigenvalue weighted by molar-refractivity contribution is -0.124. The zero-order valence-corrected chi connectivity index (χ0v) is 16.5. The van der Waals surface area contributed by atoms with Crippen molar-refractivity contribution in [1.29, 1.82) is 0 Å². The van der Waals surface area contributed by atoms with Crippen LogP contribution in [0.2, 0.25) is 0 Å². The van der Waals surface area contributed by atoms with Gasteiger partial charge in [-0.3, -0.25) is 4.79 Å². The van der Waals surface area contributed by atoms with E-state index in [0.717, 1.165) is 22.0 Å². The first-order valence-electron chi connectivity index (χ1n) is 9.30. The molecule has 0 spiro atoms. The fourth-order valence-electron chi connectivity index (χ4n) is 3.36. The number of hydrogen-bond acceptors (Lipinski definition) is 4. The van der Waals surface area contributed by atoms with E-state index in [4.69, 9.17) is 14.2 Å². The summed E-state index contributed by atoms with van der Waals surface area (Å²) >= 11 is 0. The van der Waals surface area contributed by atoms with Gasteiger partial charge in [-0.2, -0.15) is 0 Å². The predicted molar refractivity (Wildman–Crippen MR) is 109 cm³/mol. The average Bonchev–Trinajstić information content (AvgIpc) is 3.13. The van der Waals surface area contributed by atoms with Crippen LogP contribution in [0.25, 0.3) is 10.9 Å². The Balaban J connectivity index is 1.99. The molecule has 6 heteroatoms. The Labute approximate surface area is 164 Å². The minimum atomic E-state index is -0.148. The normalized spacial score (nSPS) is 12.0. The third-order valence-corrected chi connectivity index (χ3v) is 4.67. The van der Waals surface area contributed by atoms with Crippen LogP contribution in [0.3, 0.4) is 0 Å². The summed E-state index contributed by atoms with van der Waals surface area (Å²) in [6, 6.07) is 14.0. The van der Waals surface area contributed by atoms with Crippen LogP contribution in [0.5, 0.6) is 11.5 Å². The Morgan fingerprint density at radius 3 is 2.71 bits per heavy atom. The Morgan fingerprint density at radius 1 is 1.14 bits per heavy atom. The van der Waals surface area contributed by atoms with Crippen LogP contribution in [-0.4, -0.2) is 44.9 Å². The molecule has 0 saturated heterocycles. The smallest absolute Gasteiger partial charge is 0.246 e. The molecule has 2 N–H and O–H groups in total. The third kappa shape index (κ3) is 4.28. The number of methoxy groups -OCH3 is 2. The molecule has 0 fully saturated rings. The molecule has 0 bridgehead atoms. The maximum Gasteiger partial charge on any atom is 0.246 e. The number of ether oxygens (including phenoxy) is 3. The molecule has 0 aliphatic heterocycles. The standard InChI is InChI=1S/C22H26N2O4/c1-4-28-20-10-9-15(11-21(20)27-3)17(12-24-22(25)14-26-2)18-13-23-19-8-6-5-7-16(18)19/h5-11,13,17,23H,4,12,14H2,1-3H3,(H,24,25). The number of benzene rings is 2.